The van der Waals surface area contributed by atoms with Crippen LogP contribution in [0.3, 0.4) is 0 Å². The molecule has 38 heavy (non-hydrogen) atoms. The molecule has 2 aromatic carbocycles. The van der Waals surface area contributed by atoms with E-state index < -0.39 is 0 Å². The van der Waals surface area contributed by atoms with Crippen molar-refractivity contribution >= 4 is 23.5 Å². The molecule has 0 saturated carbocycles. The normalized spacial score (nSPS) is 15.0. The molecule has 0 bridgehead atoms. The standard InChI is InChI=1S/C29H28N6O3/c1-29(2,3)25-17-26(34-38-25)33-27-30-18-21(19-31-27)13-12-20-8-7-11-23(16-20)32-28(36)35-24(14-15-37-35)22-9-5-4-6-10-22/h4-11,16-19,24H,14-15H2,1-3H3,(H,32,36)(H,30,31,33,34)/t24-/m0/s1. The molecule has 9 heteroatoms. The third-order valence-electron chi connectivity index (χ3n) is 5.90. The van der Waals surface area contributed by atoms with Crippen LogP contribution in [-0.2, 0) is 10.3 Å². The second-order valence-corrected chi connectivity index (χ2v) is 9.88. The van der Waals surface area contributed by atoms with Crippen molar-refractivity contribution < 1.29 is 14.2 Å². The zero-order valence-corrected chi connectivity index (χ0v) is 21.4. The Morgan fingerprint density at radius 2 is 1.76 bits per heavy atom. The molecule has 1 aliphatic rings. The smallest absolute Gasteiger partial charge is 0.346 e. The molecule has 1 atom stereocenters. The molecule has 4 aromatic rings. The molecule has 5 rings (SSSR count). The Hall–Kier alpha value is -4.68. The van der Waals surface area contributed by atoms with Crippen molar-refractivity contribution in [3.05, 3.63) is 95.5 Å². The first-order valence-corrected chi connectivity index (χ1v) is 12.3. The first-order valence-electron chi connectivity index (χ1n) is 12.3. The molecule has 0 radical (unpaired) electrons. The molecule has 0 unspecified atom stereocenters. The second-order valence-electron chi connectivity index (χ2n) is 9.88. The summed E-state index contributed by atoms with van der Waals surface area (Å²) >= 11 is 0. The van der Waals surface area contributed by atoms with Gasteiger partial charge in [-0.05, 0) is 23.8 Å². The molecule has 1 saturated heterocycles. The van der Waals surface area contributed by atoms with Crippen LogP contribution in [0.25, 0.3) is 0 Å². The van der Waals surface area contributed by atoms with Crippen LogP contribution in [0, 0.1) is 11.8 Å². The van der Waals surface area contributed by atoms with Crippen molar-refractivity contribution in [2.45, 2.75) is 38.6 Å². The first kappa shape index (κ1) is 25.0. The van der Waals surface area contributed by atoms with Gasteiger partial charge in [0, 0.05) is 41.5 Å². The van der Waals surface area contributed by atoms with E-state index in [1.165, 1.54) is 5.06 Å². The molecule has 1 fully saturated rings. The molecule has 2 amide bonds. The Kier molecular flexibility index (Phi) is 7.07. The van der Waals surface area contributed by atoms with Gasteiger partial charge in [0.1, 0.15) is 5.76 Å². The predicted octanol–water partition coefficient (Wildman–Crippen LogP) is 5.82. The van der Waals surface area contributed by atoms with E-state index in [4.69, 9.17) is 9.36 Å². The molecule has 2 aromatic heterocycles. The minimum absolute atomic E-state index is 0.124. The fourth-order valence-electron chi connectivity index (χ4n) is 3.90. The van der Waals surface area contributed by atoms with Gasteiger partial charge < -0.3 is 15.2 Å². The minimum atomic E-state index is -0.320. The van der Waals surface area contributed by atoms with Crippen LogP contribution in [0.2, 0.25) is 0 Å². The number of amides is 2. The summed E-state index contributed by atoms with van der Waals surface area (Å²) in [6.07, 6.45) is 4.01. The van der Waals surface area contributed by atoms with Gasteiger partial charge in [0.05, 0.1) is 18.2 Å². The fraction of sp³-hybridized carbons (Fsp3) is 0.241. The van der Waals surface area contributed by atoms with E-state index in [-0.39, 0.29) is 17.5 Å². The van der Waals surface area contributed by atoms with Crippen molar-refractivity contribution in [1.82, 2.24) is 20.2 Å². The highest BCUT2D eigenvalue weighted by Crippen LogP contribution is 2.30. The summed E-state index contributed by atoms with van der Waals surface area (Å²) in [6, 6.07) is 18.6. The third-order valence-corrected chi connectivity index (χ3v) is 5.90. The third kappa shape index (κ3) is 5.99. The summed E-state index contributed by atoms with van der Waals surface area (Å²) in [5.41, 5.74) is 2.92. The lowest BCUT2D eigenvalue weighted by molar-refractivity contribution is -0.0829. The van der Waals surface area contributed by atoms with Crippen molar-refractivity contribution in [3.8, 4) is 11.8 Å². The lowest BCUT2D eigenvalue weighted by Crippen LogP contribution is -2.33. The first-order chi connectivity index (χ1) is 18.3. The molecule has 9 nitrogen and oxygen atoms in total. The van der Waals surface area contributed by atoms with Crippen molar-refractivity contribution in [1.29, 1.82) is 0 Å². The lowest BCUT2D eigenvalue weighted by Gasteiger charge is -2.23. The van der Waals surface area contributed by atoms with Gasteiger partial charge >= 0.3 is 6.03 Å². The van der Waals surface area contributed by atoms with E-state index in [1.807, 2.05) is 81.4 Å². The Labute approximate surface area is 221 Å². The van der Waals surface area contributed by atoms with E-state index in [1.54, 1.807) is 12.4 Å². The summed E-state index contributed by atoms with van der Waals surface area (Å²) in [5.74, 6) is 7.86. The number of aromatic nitrogens is 3. The van der Waals surface area contributed by atoms with Crippen LogP contribution >= 0.6 is 0 Å². The van der Waals surface area contributed by atoms with E-state index in [0.29, 0.717) is 29.6 Å². The number of benzene rings is 2. The predicted molar refractivity (Wildman–Crippen MR) is 144 cm³/mol. The second kappa shape index (κ2) is 10.7. The monoisotopic (exact) mass is 508 g/mol. The number of nitrogens with zero attached hydrogens (tertiary/aromatic N) is 4. The highest BCUT2D eigenvalue weighted by molar-refractivity contribution is 5.89. The zero-order valence-electron chi connectivity index (χ0n) is 21.4. The average molecular weight is 509 g/mol. The lowest BCUT2D eigenvalue weighted by atomic mass is 9.93. The SMILES string of the molecule is CC(C)(C)c1cc(Nc2ncc(C#Cc3cccc(NC(=O)N4OCC[C@H]4c4ccccc4)c3)cn2)no1. The topological polar surface area (TPSA) is 105 Å². The number of urea groups is 1. The molecule has 2 N–H and O–H groups in total. The Bertz CT molecular complexity index is 1470. The van der Waals surface area contributed by atoms with Gasteiger partial charge in [0.25, 0.3) is 0 Å². The van der Waals surface area contributed by atoms with Gasteiger partial charge in [0.15, 0.2) is 5.82 Å². The maximum absolute atomic E-state index is 12.9. The largest absolute Gasteiger partial charge is 0.359 e. The van der Waals surface area contributed by atoms with Gasteiger partial charge in [-0.15, -0.1) is 0 Å². The highest BCUT2D eigenvalue weighted by atomic mass is 16.7. The molecule has 192 valence electrons. The number of hydrogen-bond donors (Lipinski definition) is 2. The summed E-state index contributed by atoms with van der Waals surface area (Å²) in [4.78, 5) is 27.2. The molecule has 1 aliphatic heterocycles. The van der Waals surface area contributed by atoms with Crippen LogP contribution in [0.15, 0.2) is 77.6 Å². The van der Waals surface area contributed by atoms with E-state index in [0.717, 1.165) is 23.3 Å². The Morgan fingerprint density at radius 3 is 2.50 bits per heavy atom. The molecule has 3 heterocycles. The van der Waals surface area contributed by atoms with Gasteiger partial charge in [-0.2, -0.15) is 5.06 Å². The summed E-state index contributed by atoms with van der Waals surface area (Å²) in [7, 11) is 0. The number of anilines is 3. The van der Waals surface area contributed by atoms with Crippen LogP contribution in [0.4, 0.5) is 22.2 Å². The van der Waals surface area contributed by atoms with Crippen LogP contribution in [0.5, 0.6) is 0 Å². The van der Waals surface area contributed by atoms with Crippen LogP contribution < -0.4 is 10.6 Å². The molecular weight excluding hydrogens is 480 g/mol. The van der Waals surface area contributed by atoms with Gasteiger partial charge in [-0.3, -0.25) is 4.84 Å². The zero-order chi connectivity index (χ0) is 26.5. The Balaban J connectivity index is 1.21. The minimum Gasteiger partial charge on any atom is -0.359 e. The van der Waals surface area contributed by atoms with E-state index >= 15 is 0 Å². The maximum Gasteiger partial charge on any atom is 0.346 e. The average Bonchev–Trinajstić information content (AvgIpc) is 3.59. The number of hydrogen-bond acceptors (Lipinski definition) is 7. The maximum atomic E-state index is 12.9. The molecule has 0 spiro atoms. The summed E-state index contributed by atoms with van der Waals surface area (Å²) in [6.45, 7) is 6.64. The number of carbonyl (C=O) groups is 1. The van der Waals surface area contributed by atoms with Crippen LogP contribution in [-0.4, -0.2) is 32.8 Å². The molecule has 0 aliphatic carbocycles. The number of rotatable bonds is 4. The number of carbonyl (C=O) groups excluding carboxylic acids is 1. The Morgan fingerprint density at radius 1 is 1.00 bits per heavy atom. The number of hydroxylamine groups is 2. The quantitative estimate of drug-likeness (QED) is 0.335. The summed E-state index contributed by atoms with van der Waals surface area (Å²) in [5, 5.41) is 11.4. The van der Waals surface area contributed by atoms with Crippen molar-refractivity contribution in [2.75, 3.05) is 17.2 Å². The number of nitrogens with one attached hydrogen (secondary N) is 2. The summed E-state index contributed by atoms with van der Waals surface area (Å²) < 4.78 is 5.37. The molecular formula is C29H28N6O3. The fourth-order valence-corrected chi connectivity index (χ4v) is 3.90. The van der Waals surface area contributed by atoms with Gasteiger partial charge in [0.2, 0.25) is 5.95 Å². The van der Waals surface area contributed by atoms with E-state index in [9.17, 15) is 4.79 Å². The van der Waals surface area contributed by atoms with Gasteiger partial charge in [-0.25, -0.2) is 14.8 Å². The van der Waals surface area contributed by atoms with Crippen molar-refractivity contribution in [2.24, 2.45) is 0 Å². The van der Waals surface area contributed by atoms with Crippen molar-refractivity contribution in [3.63, 3.8) is 0 Å². The highest BCUT2D eigenvalue weighted by Gasteiger charge is 2.31. The van der Waals surface area contributed by atoms with Gasteiger partial charge in [-0.1, -0.05) is 74.2 Å². The van der Waals surface area contributed by atoms with E-state index in [2.05, 4.69) is 37.6 Å². The van der Waals surface area contributed by atoms with Crippen LogP contribution in [0.1, 0.15) is 55.7 Å².